The van der Waals surface area contributed by atoms with Gasteiger partial charge in [-0.15, -0.1) is 0 Å². The predicted octanol–water partition coefficient (Wildman–Crippen LogP) is 6.04. The van der Waals surface area contributed by atoms with E-state index in [1.165, 1.54) is 16.5 Å². The smallest absolute Gasteiger partial charge is 0.408 e. The molecule has 1 saturated carbocycles. The highest BCUT2D eigenvalue weighted by molar-refractivity contribution is 6.04. The molecule has 1 saturated heterocycles. The molecule has 1 aliphatic carbocycles. The average Bonchev–Trinajstić information content (AvgIpc) is 3.85. The lowest BCUT2D eigenvalue weighted by atomic mass is 9.81. The van der Waals surface area contributed by atoms with Crippen LogP contribution in [-0.2, 0) is 17.8 Å². The van der Waals surface area contributed by atoms with E-state index in [1.807, 2.05) is 12.1 Å². The topological polar surface area (TPSA) is 82.1 Å². The van der Waals surface area contributed by atoms with E-state index in [2.05, 4.69) is 50.4 Å². The van der Waals surface area contributed by atoms with Gasteiger partial charge in [0.15, 0.2) is 0 Å². The molecule has 2 N–H and O–H groups in total. The number of hydrogen-bond acceptors (Lipinski definition) is 4. The van der Waals surface area contributed by atoms with Gasteiger partial charge in [0.1, 0.15) is 11.6 Å². The van der Waals surface area contributed by atoms with E-state index in [9.17, 15) is 19.1 Å². The van der Waals surface area contributed by atoms with Crippen molar-refractivity contribution in [1.82, 2.24) is 15.1 Å². The first-order valence-electron chi connectivity index (χ1n) is 15.5. The summed E-state index contributed by atoms with van der Waals surface area (Å²) >= 11 is 0. The Morgan fingerprint density at radius 2 is 1.73 bits per heavy atom. The summed E-state index contributed by atoms with van der Waals surface area (Å²) < 4.78 is 20.9. The average molecular weight is 598 g/mol. The molecule has 44 heavy (non-hydrogen) atoms. The molecule has 3 aromatic rings. The largest absolute Gasteiger partial charge is 0.493 e. The summed E-state index contributed by atoms with van der Waals surface area (Å²) in [5, 5.41) is 13.5. The molecule has 2 aliphatic heterocycles. The molecule has 2 unspecified atom stereocenters. The van der Waals surface area contributed by atoms with Crippen molar-refractivity contribution in [2.75, 3.05) is 19.7 Å². The van der Waals surface area contributed by atoms with Gasteiger partial charge in [-0.3, -0.25) is 9.69 Å². The molecule has 230 valence electrons. The van der Waals surface area contributed by atoms with Crippen molar-refractivity contribution in [2.45, 2.75) is 71.1 Å². The maximum absolute atomic E-state index is 14.7. The lowest BCUT2D eigenvalue weighted by Crippen LogP contribution is -2.63. The fraction of sp³-hybridized carbons (Fsp3) is 0.389. The van der Waals surface area contributed by atoms with Gasteiger partial charge in [0.05, 0.1) is 18.7 Å². The van der Waals surface area contributed by atoms with Crippen molar-refractivity contribution in [1.29, 1.82) is 0 Å². The van der Waals surface area contributed by atoms with Crippen molar-refractivity contribution < 1.29 is 23.8 Å². The van der Waals surface area contributed by atoms with E-state index >= 15 is 0 Å². The molecular weight excluding hydrogens is 557 g/mol. The number of carbonyl (C=O) groups excluding carboxylic acids is 1. The Hall–Kier alpha value is -4.17. The number of halogens is 1. The predicted molar refractivity (Wildman–Crippen MR) is 168 cm³/mol. The van der Waals surface area contributed by atoms with Gasteiger partial charge in [-0.25, -0.2) is 9.18 Å². The third-order valence-electron chi connectivity index (χ3n) is 9.36. The van der Waals surface area contributed by atoms with Gasteiger partial charge in [0.2, 0.25) is 0 Å². The molecule has 2 bridgehead atoms. The van der Waals surface area contributed by atoms with E-state index in [4.69, 9.17) is 4.74 Å². The number of carboxylic acid groups (broad SMARTS) is 1. The van der Waals surface area contributed by atoms with Gasteiger partial charge in [0, 0.05) is 43.2 Å². The quantitative estimate of drug-likeness (QED) is 0.314. The zero-order valence-corrected chi connectivity index (χ0v) is 25.6. The molecule has 2 amide bonds. The van der Waals surface area contributed by atoms with Crippen molar-refractivity contribution in [3.05, 3.63) is 105 Å². The molecule has 2 heterocycles. The second kappa shape index (κ2) is 12.4. The lowest BCUT2D eigenvalue weighted by Gasteiger charge is -2.47. The van der Waals surface area contributed by atoms with Crippen LogP contribution >= 0.6 is 0 Å². The van der Waals surface area contributed by atoms with Crippen LogP contribution < -0.4 is 10.1 Å². The summed E-state index contributed by atoms with van der Waals surface area (Å²) in [5.41, 5.74) is 7.38. The number of rotatable bonds is 9. The van der Waals surface area contributed by atoms with Crippen LogP contribution in [0, 0.1) is 26.6 Å². The molecule has 8 heteroatoms. The standard InChI is InChI=1S/C36H40FN3O4/c1-22-8-9-23(2)34(24(22)3)44-17-16-25-10-12-26(13-11-25)30-18-29-19-38-20-32(40(29)36(42)43)33(30)35(41)39(28-14-15-28)21-27-6-4-5-7-31(27)37/h4-13,28-29,32,38H,14-21H2,1-3H3,(H,42,43). The molecule has 2 fully saturated rings. The van der Waals surface area contributed by atoms with Crippen molar-refractivity contribution in [2.24, 2.45) is 0 Å². The van der Waals surface area contributed by atoms with E-state index in [-0.39, 0.29) is 30.4 Å². The van der Waals surface area contributed by atoms with Gasteiger partial charge in [-0.2, -0.15) is 0 Å². The summed E-state index contributed by atoms with van der Waals surface area (Å²) in [6.07, 6.45) is 1.86. The fourth-order valence-corrected chi connectivity index (χ4v) is 6.64. The van der Waals surface area contributed by atoms with Crippen LogP contribution in [0.25, 0.3) is 5.57 Å². The Labute approximate surface area is 258 Å². The summed E-state index contributed by atoms with van der Waals surface area (Å²) in [4.78, 5) is 30.1. The van der Waals surface area contributed by atoms with Gasteiger partial charge in [-0.1, -0.05) is 54.6 Å². The first-order valence-corrected chi connectivity index (χ1v) is 15.5. The van der Waals surface area contributed by atoms with Crippen molar-refractivity contribution in [3.63, 3.8) is 0 Å². The van der Waals surface area contributed by atoms with Crippen LogP contribution in [-0.4, -0.2) is 64.7 Å². The Kier molecular flexibility index (Phi) is 8.45. The molecule has 0 aromatic heterocycles. The second-order valence-corrected chi connectivity index (χ2v) is 12.3. The minimum atomic E-state index is -1.02. The fourth-order valence-electron chi connectivity index (χ4n) is 6.64. The summed E-state index contributed by atoms with van der Waals surface area (Å²) in [5.74, 6) is 0.393. The highest BCUT2D eigenvalue weighted by Gasteiger charge is 2.46. The first-order chi connectivity index (χ1) is 21.2. The number of amides is 2. The number of aryl methyl sites for hydroxylation is 2. The number of ether oxygens (including phenoxy) is 1. The zero-order valence-electron chi connectivity index (χ0n) is 25.6. The van der Waals surface area contributed by atoms with E-state index in [0.29, 0.717) is 37.3 Å². The summed E-state index contributed by atoms with van der Waals surface area (Å²) in [7, 11) is 0. The summed E-state index contributed by atoms with van der Waals surface area (Å²) in [6.45, 7) is 7.82. The Balaban J connectivity index is 1.29. The van der Waals surface area contributed by atoms with Gasteiger partial charge in [-0.05, 0) is 79.5 Å². The van der Waals surface area contributed by atoms with Crippen LogP contribution in [0.1, 0.15) is 52.6 Å². The van der Waals surface area contributed by atoms with Gasteiger partial charge in [0.25, 0.3) is 5.91 Å². The third kappa shape index (κ3) is 5.95. The highest BCUT2D eigenvalue weighted by atomic mass is 19.1. The number of hydrogen-bond donors (Lipinski definition) is 2. The highest BCUT2D eigenvalue weighted by Crippen LogP contribution is 2.40. The van der Waals surface area contributed by atoms with E-state index < -0.39 is 12.1 Å². The van der Waals surface area contributed by atoms with Crippen molar-refractivity contribution in [3.8, 4) is 5.75 Å². The SMILES string of the molecule is Cc1ccc(C)c(OCCc2ccc(C3=C(C(=O)N(Cc4ccccc4F)C4CC4)C4CNCC(C3)N4C(=O)O)cc2)c1C. The van der Waals surface area contributed by atoms with E-state index in [0.717, 1.165) is 52.8 Å². The van der Waals surface area contributed by atoms with Gasteiger partial charge < -0.3 is 20.1 Å². The molecule has 3 aromatic carbocycles. The summed E-state index contributed by atoms with van der Waals surface area (Å²) in [6, 6.07) is 18.1. The molecule has 0 spiro atoms. The van der Waals surface area contributed by atoms with Crippen LogP contribution in [0.2, 0.25) is 0 Å². The van der Waals surface area contributed by atoms with E-state index in [1.54, 1.807) is 23.1 Å². The number of nitrogens with zero attached hydrogens (tertiary/aromatic N) is 2. The first kappa shape index (κ1) is 29.9. The maximum atomic E-state index is 14.7. The van der Waals surface area contributed by atoms with Gasteiger partial charge >= 0.3 is 6.09 Å². The molecule has 6 rings (SSSR count). The molecule has 0 radical (unpaired) electrons. The Morgan fingerprint density at radius 1 is 1.00 bits per heavy atom. The Bertz CT molecular complexity index is 1600. The molecular formula is C36H40FN3O4. The molecule has 3 aliphatic rings. The normalized spacial score (nSPS) is 19.6. The maximum Gasteiger partial charge on any atom is 0.408 e. The molecule has 7 nitrogen and oxygen atoms in total. The minimum Gasteiger partial charge on any atom is -0.493 e. The minimum absolute atomic E-state index is 0.0199. The number of nitrogens with one attached hydrogen (secondary N) is 1. The molecule has 2 atom stereocenters. The number of benzene rings is 3. The van der Waals surface area contributed by atoms with Crippen LogP contribution in [0.15, 0.2) is 66.2 Å². The van der Waals surface area contributed by atoms with Crippen LogP contribution in [0.3, 0.4) is 0 Å². The number of piperazine rings is 1. The monoisotopic (exact) mass is 597 g/mol. The number of carbonyl (C=O) groups is 2. The number of fused-ring (bicyclic) bond motifs is 2. The van der Waals surface area contributed by atoms with Crippen LogP contribution in [0.5, 0.6) is 5.75 Å². The third-order valence-corrected chi connectivity index (χ3v) is 9.36. The zero-order chi connectivity index (χ0) is 31.0. The Morgan fingerprint density at radius 3 is 2.43 bits per heavy atom. The van der Waals surface area contributed by atoms with Crippen LogP contribution in [0.4, 0.5) is 9.18 Å². The lowest BCUT2D eigenvalue weighted by molar-refractivity contribution is -0.129. The van der Waals surface area contributed by atoms with Crippen molar-refractivity contribution >= 4 is 17.6 Å². The second-order valence-electron chi connectivity index (χ2n) is 12.3.